The summed E-state index contributed by atoms with van der Waals surface area (Å²) in [4.78, 5) is 0. The molecule has 1 saturated carbocycles. The average molecular weight is 313 g/mol. The van der Waals surface area contributed by atoms with Crippen LogP contribution in [0.15, 0.2) is 28.7 Å². The fraction of sp³-hybridized carbons (Fsp3) is 0.250. The van der Waals surface area contributed by atoms with Gasteiger partial charge in [-0.3, -0.25) is 5.10 Å². The smallest absolute Gasteiger partial charge is 0.148 e. The van der Waals surface area contributed by atoms with Crippen molar-refractivity contribution in [3.05, 3.63) is 33.8 Å². The molecule has 0 amide bonds. The summed E-state index contributed by atoms with van der Waals surface area (Å²) >= 11 is 9.59. The van der Waals surface area contributed by atoms with Crippen LogP contribution >= 0.6 is 27.5 Å². The number of aromatic amines is 1. The van der Waals surface area contributed by atoms with Crippen molar-refractivity contribution in [2.45, 2.75) is 18.9 Å². The third-order valence-electron chi connectivity index (χ3n) is 2.73. The van der Waals surface area contributed by atoms with Crippen LogP contribution in [0.25, 0.3) is 11.3 Å². The first-order chi connectivity index (χ1) is 8.22. The standard InChI is InChI=1S/C12H11BrClN3/c13-7-1-4-9(10(14)5-7)11-6-12(17-16-11)15-8-2-3-8/h1,4-6,8H,2-3H2,(H2,15,16,17). The second-order valence-electron chi connectivity index (χ2n) is 4.21. The normalized spacial score (nSPS) is 14.9. The van der Waals surface area contributed by atoms with E-state index < -0.39 is 0 Å². The Kier molecular flexibility index (Phi) is 2.84. The maximum atomic E-state index is 6.19. The molecule has 0 unspecified atom stereocenters. The van der Waals surface area contributed by atoms with Crippen molar-refractivity contribution in [1.29, 1.82) is 0 Å². The molecule has 1 heterocycles. The molecule has 1 aromatic heterocycles. The van der Waals surface area contributed by atoms with Crippen LogP contribution in [-0.4, -0.2) is 16.2 Å². The highest BCUT2D eigenvalue weighted by atomic mass is 79.9. The molecule has 0 atom stereocenters. The van der Waals surface area contributed by atoms with Crippen molar-refractivity contribution in [3.8, 4) is 11.3 Å². The van der Waals surface area contributed by atoms with E-state index in [1.165, 1.54) is 12.8 Å². The monoisotopic (exact) mass is 311 g/mol. The molecule has 2 aromatic rings. The van der Waals surface area contributed by atoms with Crippen LogP contribution in [0.5, 0.6) is 0 Å². The number of hydrogen-bond acceptors (Lipinski definition) is 2. The molecule has 0 saturated heterocycles. The third kappa shape index (κ3) is 2.48. The fourth-order valence-corrected chi connectivity index (χ4v) is 2.45. The summed E-state index contributed by atoms with van der Waals surface area (Å²) < 4.78 is 0.974. The molecule has 1 aromatic carbocycles. The second kappa shape index (κ2) is 4.35. The summed E-state index contributed by atoms with van der Waals surface area (Å²) in [5.74, 6) is 0.890. The Morgan fingerprint density at radius 2 is 2.18 bits per heavy atom. The SMILES string of the molecule is Clc1cc(Br)ccc1-c1cc(NC2CC2)n[nH]1. The van der Waals surface area contributed by atoms with Crippen molar-refractivity contribution in [3.63, 3.8) is 0 Å². The van der Waals surface area contributed by atoms with E-state index in [2.05, 4.69) is 31.4 Å². The van der Waals surface area contributed by atoms with E-state index in [4.69, 9.17) is 11.6 Å². The predicted octanol–water partition coefficient (Wildman–Crippen LogP) is 4.07. The number of nitrogens with one attached hydrogen (secondary N) is 2. The van der Waals surface area contributed by atoms with Gasteiger partial charge in [-0.1, -0.05) is 33.6 Å². The highest BCUT2D eigenvalue weighted by Gasteiger charge is 2.21. The van der Waals surface area contributed by atoms with E-state index in [0.29, 0.717) is 11.1 Å². The number of rotatable bonds is 3. The summed E-state index contributed by atoms with van der Waals surface area (Å²) in [7, 11) is 0. The van der Waals surface area contributed by atoms with Crippen LogP contribution in [0.1, 0.15) is 12.8 Å². The van der Waals surface area contributed by atoms with Gasteiger partial charge in [0.25, 0.3) is 0 Å². The van der Waals surface area contributed by atoms with Crippen LogP contribution in [0.2, 0.25) is 5.02 Å². The average Bonchev–Trinajstić information content (AvgIpc) is 2.96. The zero-order valence-electron chi connectivity index (χ0n) is 9.00. The summed E-state index contributed by atoms with van der Waals surface area (Å²) in [5.41, 5.74) is 1.90. The Morgan fingerprint density at radius 3 is 2.88 bits per heavy atom. The second-order valence-corrected chi connectivity index (χ2v) is 5.53. The molecular formula is C12H11BrClN3. The number of nitrogens with zero attached hydrogens (tertiary/aromatic N) is 1. The lowest BCUT2D eigenvalue weighted by molar-refractivity contribution is 1.05. The number of H-pyrrole nitrogens is 1. The molecule has 1 fully saturated rings. The van der Waals surface area contributed by atoms with Gasteiger partial charge in [-0.2, -0.15) is 5.10 Å². The summed E-state index contributed by atoms with van der Waals surface area (Å²) in [6.07, 6.45) is 2.47. The van der Waals surface area contributed by atoms with E-state index >= 15 is 0 Å². The third-order valence-corrected chi connectivity index (χ3v) is 3.53. The number of anilines is 1. The van der Waals surface area contributed by atoms with Gasteiger partial charge in [0.2, 0.25) is 0 Å². The zero-order valence-corrected chi connectivity index (χ0v) is 11.3. The van der Waals surface area contributed by atoms with Crippen LogP contribution in [0.4, 0.5) is 5.82 Å². The lowest BCUT2D eigenvalue weighted by atomic mass is 10.1. The molecule has 5 heteroatoms. The van der Waals surface area contributed by atoms with Gasteiger partial charge >= 0.3 is 0 Å². The van der Waals surface area contributed by atoms with Gasteiger partial charge in [0, 0.05) is 22.1 Å². The number of hydrogen-bond donors (Lipinski definition) is 2. The molecule has 3 nitrogen and oxygen atoms in total. The van der Waals surface area contributed by atoms with Crippen molar-refractivity contribution in [1.82, 2.24) is 10.2 Å². The molecular weight excluding hydrogens is 302 g/mol. The zero-order chi connectivity index (χ0) is 11.8. The Balaban J connectivity index is 1.89. The molecule has 0 radical (unpaired) electrons. The van der Waals surface area contributed by atoms with E-state index in [1.807, 2.05) is 24.3 Å². The Labute approximate surface area is 113 Å². The first kappa shape index (κ1) is 11.1. The summed E-state index contributed by atoms with van der Waals surface area (Å²) in [6.45, 7) is 0. The Bertz CT molecular complexity index is 548. The molecule has 2 N–H and O–H groups in total. The van der Waals surface area contributed by atoms with Crippen LogP contribution in [-0.2, 0) is 0 Å². The van der Waals surface area contributed by atoms with Crippen molar-refractivity contribution in [2.75, 3.05) is 5.32 Å². The minimum Gasteiger partial charge on any atom is -0.366 e. The molecule has 17 heavy (non-hydrogen) atoms. The van der Waals surface area contributed by atoms with E-state index in [9.17, 15) is 0 Å². The molecule has 0 bridgehead atoms. The lowest BCUT2D eigenvalue weighted by Crippen LogP contribution is -2.00. The van der Waals surface area contributed by atoms with E-state index in [1.54, 1.807) is 0 Å². The van der Waals surface area contributed by atoms with Gasteiger partial charge < -0.3 is 5.32 Å². The van der Waals surface area contributed by atoms with E-state index in [-0.39, 0.29) is 0 Å². The number of aromatic nitrogens is 2. The van der Waals surface area contributed by atoms with Gasteiger partial charge in [-0.15, -0.1) is 0 Å². The van der Waals surface area contributed by atoms with Crippen LogP contribution < -0.4 is 5.32 Å². The highest BCUT2D eigenvalue weighted by Crippen LogP contribution is 2.31. The first-order valence-electron chi connectivity index (χ1n) is 5.50. The van der Waals surface area contributed by atoms with Gasteiger partial charge in [0.05, 0.1) is 10.7 Å². The fourth-order valence-electron chi connectivity index (χ4n) is 1.68. The maximum absolute atomic E-state index is 6.19. The number of benzene rings is 1. The lowest BCUT2D eigenvalue weighted by Gasteiger charge is -2.01. The molecule has 0 aliphatic heterocycles. The van der Waals surface area contributed by atoms with E-state index in [0.717, 1.165) is 21.5 Å². The summed E-state index contributed by atoms with van der Waals surface area (Å²) in [5, 5.41) is 11.3. The molecule has 0 spiro atoms. The quantitative estimate of drug-likeness (QED) is 0.897. The van der Waals surface area contributed by atoms with Gasteiger partial charge in [-0.05, 0) is 25.0 Å². The van der Waals surface area contributed by atoms with Crippen LogP contribution in [0.3, 0.4) is 0 Å². The predicted molar refractivity (Wildman–Crippen MR) is 73.4 cm³/mol. The Morgan fingerprint density at radius 1 is 1.35 bits per heavy atom. The van der Waals surface area contributed by atoms with Crippen LogP contribution in [0, 0.1) is 0 Å². The van der Waals surface area contributed by atoms with Crippen molar-refractivity contribution >= 4 is 33.3 Å². The topological polar surface area (TPSA) is 40.7 Å². The maximum Gasteiger partial charge on any atom is 0.148 e. The molecule has 1 aliphatic carbocycles. The molecule has 3 rings (SSSR count). The number of halogens is 2. The van der Waals surface area contributed by atoms with Gasteiger partial charge in [0.15, 0.2) is 0 Å². The largest absolute Gasteiger partial charge is 0.366 e. The van der Waals surface area contributed by atoms with Crippen molar-refractivity contribution in [2.24, 2.45) is 0 Å². The van der Waals surface area contributed by atoms with Crippen molar-refractivity contribution < 1.29 is 0 Å². The van der Waals surface area contributed by atoms with Gasteiger partial charge in [-0.25, -0.2) is 0 Å². The summed E-state index contributed by atoms with van der Waals surface area (Å²) in [6, 6.07) is 8.42. The Hall–Kier alpha value is -1.00. The molecule has 88 valence electrons. The minimum atomic E-state index is 0.603. The highest BCUT2D eigenvalue weighted by molar-refractivity contribution is 9.10. The first-order valence-corrected chi connectivity index (χ1v) is 6.67. The molecule has 1 aliphatic rings. The minimum absolute atomic E-state index is 0.603. The van der Waals surface area contributed by atoms with Gasteiger partial charge in [0.1, 0.15) is 5.82 Å².